The summed E-state index contributed by atoms with van der Waals surface area (Å²) < 4.78 is 6.23. The van der Waals surface area contributed by atoms with Gasteiger partial charge < -0.3 is 14.2 Å². The molecule has 1 aromatic heterocycles. The Morgan fingerprint density at radius 1 is 1.00 bits per heavy atom. The van der Waals surface area contributed by atoms with Crippen molar-refractivity contribution in [1.82, 2.24) is 4.90 Å². The van der Waals surface area contributed by atoms with Crippen molar-refractivity contribution in [1.29, 1.82) is 0 Å². The minimum Gasteiger partial charge on any atom is -0.454 e. The monoisotopic (exact) mass is 306 g/mol. The first-order chi connectivity index (χ1) is 11.1. The second-order valence-electron chi connectivity index (χ2n) is 6.58. The van der Waals surface area contributed by atoms with E-state index in [0.717, 1.165) is 11.2 Å². The molecule has 1 atom stereocenters. The molecule has 1 aliphatic heterocycles. The molecular formula is C20H22N2O. The molecular weight excluding hydrogens is 284 g/mol. The Kier molecular flexibility index (Phi) is 3.12. The fourth-order valence-corrected chi connectivity index (χ4v) is 3.60. The van der Waals surface area contributed by atoms with Gasteiger partial charge >= 0.3 is 0 Å². The maximum absolute atomic E-state index is 6.23. The maximum Gasteiger partial charge on any atom is 0.159 e. The van der Waals surface area contributed by atoms with Gasteiger partial charge in [-0.1, -0.05) is 30.3 Å². The summed E-state index contributed by atoms with van der Waals surface area (Å²) in [5.74, 6) is 0. The quantitative estimate of drug-likeness (QED) is 0.645. The van der Waals surface area contributed by atoms with Crippen LogP contribution < -0.4 is 4.90 Å². The lowest BCUT2D eigenvalue weighted by Crippen LogP contribution is -2.39. The van der Waals surface area contributed by atoms with E-state index in [1.165, 1.54) is 22.0 Å². The second kappa shape index (κ2) is 5.05. The summed E-state index contributed by atoms with van der Waals surface area (Å²) in [5.41, 5.74) is 4.34. The molecule has 3 aromatic rings. The van der Waals surface area contributed by atoms with Crippen LogP contribution in [0.2, 0.25) is 0 Å². The molecule has 2 heterocycles. The number of fused-ring (bicyclic) bond motifs is 3. The zero-order valence-corrected chi connectivity index (χ0v) is 14.1. The maximum atomic E-state index is 6.23. The van der Waals surface area contributed by atoms with Gasteiger partial charge in [0.2, 0.25) is 0 Å². The highest BCUT2D eigenvalue weighted by molar-refractivity contribution is 6.09. The van der Waals surface area contributed by atoms with Crippen molar-refractivity contribution in [2.45, 2.75) is 39.9 Å². The van der Waals surface area contributed by atoms with Gasteiger partial charge in [0, 0.05) is 29.2 Å². The average Bonchev–Trinajstić information content (AvgIpc) is 3.08. The van der Waals surface area contributed by atoms with Crippen molar-refractivity contribution in [3.63, 3.8) is 0 Å². The first kappa shape index (κ1) is 14.2. The SMILES string of the molecule is Cc1ccc2c(oc3ccccc32)c1N1C=CN(C(C)C)[C@H]1C. The number of rotatable bonds is 2. The Labute approximate surface area is 136 Å². The predicted octanol–water partition coefficient (Wildman–Crippen LogP) is 5.24. The standard InChI is InChI=1S/C20H22N2O/c1-13(2)21-11-12-22(15(21)4)19-14(3)9-10-17-16-7-5-6-8-18(16)23-20(17)19/h5-13,15H,1-4H3/t15-/m1/s1. The highest BCUT2D eigenvalue weighted by Crippen LogP contribution is 2.39. The van der Waals surface area contributed by atoms with Gasteiger partial charge in [0.1, 0.15) is 11.7 Å². The molecule has 0 aliphatic carbocycles. The van der Waals surface area contributed by atoms with Gasteiger partial charge in [-0.25, -0.2) is 0 Å². The van der Waals surface area contributed by atoms with Gasteiger partial charge in [0.15, 0.2) is 5.58 Å². The van der Waals surface area contributed by atoms with Crippen LogP contribution in [0.3, 0.4) is 0 Å². The Hall–Kier alpha value is -2.42. The van der Waals surface area contributed by atoms with Gasteiger partial charge in [-0.05, 0) is 39.3 Å². The number of anilines is 1. The summed E-state index contributed by atoms with van der Waals surface area (Å²) in [5, 5.41) is 2.37. The number of hydrogen-bond acceptors (Lipinski definition) is 3. The summed E-state index contributed by atoms with van der Waals surface area (Å²) in [6.07, 6.45) is 4.63. The molecule has 118 valence electrons. The molecule has 4 rings (SSSR count). The molecule has 3 nitrogen and oxygen atoms in total. The van der Waals surface area contributed by atoms with E-state index in [4.69, 9.17) is 4.42 Å². The predicted molar refractivity (Wildman–Crippen MR) is 96.5 cm³/mol. The van der Waals surface area contributed by atoms with E-state index in [1.807, 2.05) is 12.1 Å². The molecule has 0 unspecified atom stereocenters. The van der Waals surface area contributed by atoms with Crippen LogP contribution in [0.15, 0.2) is 53.2 Å². The van der Waals surface area contributed by atoms with Crippen LogP contribution in [0.4, 0.5) is 5.69 Å². The molecule has 0 amide bonds. The van der Waals surface area contributed by atoms with Crippen molar-refractivity contribution in [2.24, 2.45) is 0 Å². The normalized spacial score (nSPS) is 18.0. The molecule has 23 heavy (non-hydrogen) atoms. The molecule has 0 fully saturated rings. The second-order valence-corrected chi connectivity index (χ2v) is 6.58. The first-order valence-corrected chi connectivity index (χ1v) is 8.23. The van der Waals surface area contributed by atoms with Gasteiger partial charge in [0.05, 0.1) is 5.69 Å². The topological polar surface area (TPSA) is 19.6 Å². The van der Waals surface area contributed by atoms with E-state index in [1.54, 1.807) is 0 Å². The molecule has 0 radical (unpaired) electrons. The molecule has 0 N–H and O–H groups in total. The third-order valence-electron chi connectivity index (χ3n) is 4.81. The first-order valence-electron chi connectivity index (χ1n) is 8.23. The van der Waals surface area contributed by atoms with Crippen molar-refractivity contribution in [2.75, 3.05) is 4.90 Å². The van der Waals surface area contributed by atoms with E-state index < -0.39 is 0 Å². The average molecular weight is 306 g/mol. The zero-order chi connectivity index (χ0) is 16.1. The van der Waals surface area contributed by atoms with Crippen LogP contribution in [-0.2, 0) is 0 Å². The Balaban J connectivity index is 1.93. The summed E-state index contributed by atoms with van der Waals surface area (Å²) in [4.78, 5) is 4.68. The van der Waals surface area contributed by atoms with E-state index in [-0.39, 0.29) is 6.17 Å². The molecule has 0 spiro atoms. The zero-order valence-electron chi connectivity index (χ0n) is 14.1. The van der Waals surface area contributed by atoms with E-state index in [9.17, 15) is 0 Å². The fraction of sp³-hybridized carbons (Fsp3) is 0.300. The number of hydrogen-bond donors (Lipinski definition) is 0. The van der Waals surface area contributed by atoms with Crippen LogP contribution in [0.25, 0.3) is 21.9 Å². The van der Waals surface area contributed by atoms with Crippen LogP contribution in [-0.4, -0.2) is 17.1 Å². The third kappa shape index (κ3) is 2.03. The minimum absolute atomic E-state index is 0.285. The van der Waals surface area contributed by atoms with E-state index in [0.29, 0.717) is 6.04 Å². The van der Waals surface area contributed by atoms with Crippen molar-refractivity contribution < 1.29 is 4.42 Å². The molecule has 2 aromatic carbocycles. The summed E-state index contributed by atoms with van der Waals surface area (Å²) in [6, 6.07) is 13.1. The van der Waals surface area contributed by atoms with Crippen LogP contribution in [0.5, 0.6) is 0 Å². The molecule has 0 saturated heterocycles. The van der Waals surface area contributed by atoms with Crippen LogP contribution in [0.1, 0.15) is 26.3 Å². The highest BCUT2D eigenvalue weighted by atomic mass is 16.3. The Bertz CT molecular complexity index is 907. The van der Waals surface area contributed by atoms with E-state index in [2.05, 4.69) is 74.2 Å². The van der Waals surface area contributed by atoms with E-state index >= 15 is 0 Å². The van der Waals surface area contributed by atoms with Crippen molar-refractivity contribution in [3.05, 3.63) is 54.4 Å². The Morgan fingerprint density at radius 3 is 2.52 bits per heavy atom. The Morgan fingerprint density at radius 2 is 1.78 bits per heavy atom. The van der Waals surface area contributed by atoms with Gasteiger partial charge in [-0.15, -0.1) is 0 Å². The number of aryl methyl sites for hydroxylation is 1. The van der Waals surface area contributed by atoms with Gasteiger partial charge in [-0.2, -0.15) is 0 Å². The van der Waals surface area contributed by atoms with Crippen molar-refractivity contribution >= 4 is 27.6 Å². The van der Waals surface area contributed by atoms with Crippen molar-refractivity contribution in [3.8, 4) is 0 Å². The fourth-order valence-electron chi connectivity index (χ4n) is 3.60. The lowest BCUT2D eigenvalue weighted by Gasteiger charge is -2.33. The lowest BCUT2D eigenvalue weighted by atomic mass is 10.1. The third-order valence-corrected chi connectivity index (χ3v) is 4.81. The number of nitrogens with zero attached hydrogens (tertiary/aromatic N) is 2. The van der Waals surface area contributed by atoms with Gasteiger partial charge in [-0.3, -0.25) is 0 Å². The largest absolute Gasteiger partial charge is 0.454 e. The summed E-state index contributed by atoms with van der Waals surface area (Å²) in [7, 11) is 0. The molecule has 3 heteroatoms. The smallest absolute Gasteiger partial charge is 0.159 e. The number of furan rings is 1. The van der Waals surface area contributed by atoms with Crippen LogP contribution in [0, 0.1) is 6.92 Å². The summed E-state index contributed by atoms with van der Waals surface area (Å²) in [6.45, 7) is 8.83. The lowest BCUT2D eigenvalue weighted by molar-refractivity contribution is 0.263. The molecule has 0 bridgehead atoms. The minimum atomic E-state index is 0.285. The number of benzene rings is 2. The van der Waals surface area contributed by atoms with Gasteiger partial charge in [0.25, 0.3) is 0 Å². The highest BCUT2D eigenvalue weighted by Gasteiger charge is 2.28. The number of para-hydroxylation sites is 1. The van der Waals surface area contributed by atoms with Crippen LogP contribution >= 0.6 is 0 Å². The molecule has 1 aliphatic rings. The molecule has 0 saturated carbocycles. The summed E-state index contributed by atoms with van der Waals surface area (Å²) >= 11 is 0.